The molecule has 1 amide bonds. The minimum atomic E-state index is -0.523. The first kappa shape index (κ1) is 17.0. The van der Waals surface area contributed by atoms with E-state index in [4.69, 9.17) is 10.5 Å². The van der Waals surface area contributed by atoms with Crippen molar-refractivity contribution in [2.45, 2.75) is 17.3 Å². The van der Waals surface area contributed by atoms with Gasteiger partial charge in [-0.2, -0.15) is 0 Å². The average molecular weight is 355 g/mol. The molecule has 0 spiro atoms. The van der Waals surface area contributed by atoms with Gasteiger partial charge in [0.25, 0.3) is 5.56 Å². The fraction of sp³-hybridized carbons (Fsp3) is 0.167. The number of carbonyl (C=O) groups excluding carboxylic acids is 1. The second-order valence-electron chi connectivity index (χ2n) is 5.42. The summed E-state index contributed by atoms with van der Waals surface area (Å²) in [6.07, 6.45) is 0. The van der Waals surface area contributed by atoms with Gasteiger partial charge in [0, 0.05) is 6.07 Å². The maximum absolute atomic E-state index is 13.1. The maximum atomic E-state index is 13.1. The molecule has 0 aliphatic rings. The number of amides is 1. The highest BCUT2D eigenvalue weighted by molar-refractivity contribution is 8.00. The number of carbonyl (C=O) groups is 1. The molecule has 6 nitrogen and oxygen atoms in total. The molecule has 0 bridgehead atoms. The predicted molar refractivity (Wildman–Crippen MR) is 98.4 cm³/mol. The molecule has 7 heteroatoms. The molecule has 0 fully saturated rings. The number of aromatic nitrogens is 2. The van der Waals surface area contributed by atoms with Crippen LogP contribution < -0.4 is 16.0 Å². The summed E-state index contributed by atoms with van der Waals surface area (Å²) >= 11 is 1.15. The van der Waals surface area contributed by atoms with Crippen molar-refractivity contribution in [1.29, 1.82) is 0 Å². The summed E-state index contributed by atoms with van der Waals surface area (Å²) in [7, 11) is 1.56. The summed E-state index contributed by atoms with van der Waals surface area (Å²) in [4.78, 5) is 29.1. The van der Waals surface area contributed by atoms with Gasteiger partial charge >= 0.3 is 0 Å². The molecule has 3 rings (SSSR count). The third-order valence-electron chi connectivity index (χ3n) is 3.74. The van der Waals surface area contributed by atoms with E-state index >= 15 is 0 Å². The van der Waals surface area contributed by atoms with Gasteiger partial charge < -0.3 is 10.5 Å². The van der Waals surface area contributed by atoms with Crippen LogP contribution in [0.15, 0.2) is 58.5 Å². The number of thioether (sulfide) groups is 1. The second-order valence-corrected chi connectivity index (χ2v) is 6.72. The molecule has 25 heavy (non-hydrogen) atoms. The Morgan fingerprint density at radius 1 is 1.24 bits per heavy atom. The van der Waals surface area contributed by atoms with Crippen LogP contribution in [0.2, 0.25) is 0 Å². The number of hydrogen-bond acceptors (Lipinski definition) is 5. The van der Waals surface area contributed by atoms with Crippen LogP contribution in [0.5, 0.6) is 5.75 Å². The molecule has 3 aromatic rings. The fourth-order valence-electron chi connectivity index (χ4n) is 2.38. The molecule has 0 aliphatic carbocycles. The number of nitrogens with zero attached hydrogens (tertiary/aromatic N) is 2. The van der Waals surface area contributed by atoms with Crippen molar-refractivity contribution in [3.8, 4) is 11.4 Å². The molecular formula is C18H17N3O3S. The van der Waals surface area contributed by atoms with Gasteiger partial charge in [-0.3, -0.25) is 14.2 Å². The molecule has 0 saturated heterocycles. The summed E-state index contributed by atoms with van der Waals surface area (Å²) in [5, 5.41) is 0.384. The molecule has 2 N–H and O–H groups in total. The smallest absolute Gasteiger partial charge is 0.266 e. The first-order chi connectivity index (χ1) is 12.0. The van der Waals surface area contributed by atoms with Gasteiger partial charge in [-0.25, -0.2) is 4.98 Å². The third kappa shape index (κ3) is 3.36. The first-order valence-corrected chi connectivity index (χ1v) is 8.51. The van der Waals surface area contributed by atoms with Crippen LogP contribution in [-0.2, 0) is 4.79 Å². The largest absolute Gasteiger partial charge is 0.497 e. The van der Waals surface area contributed by atoms with E-state index < -0.39 is 11.2 Å². The summed E-state index contributed by atoms with van der Waals surface area (Å²) in [6.45, 7) is 1.68. The van der Waals surface area contributed by atoms with Crippen LogP contribution in [0.1, 0.15) is 6.92 Å². The van der Waals surface area contributed by atoms with E-state index in [1.54, 1.807) is 56.5 Å². The quantitative estimate of drug-likeness (QED) is 0.561. The lowest BCUT2D eigenvalue weighted by Crippen LogP contribution is -2.26. The van der Waals surface area contributed by atoms with Gasteiger partial charge in [0.1, 0.15) is 5.75 Å². The van der Waals surface area contributed by atoms with Crippen LogP contribution in [0, 0.1) is 0 Å². The van der Waals surface area contributed by atoms with Crippen LogP contribution in [0.4, 0.5) is 0 Å². The highest BCUT2D eigenvalue weighted by Gasteiger charge is 2.18. The topological polar surface area (TPSA) is 87.2 Å². The van der Waals surface area contributed by atoms with Crippen LogP contribution in [0.25, 0.3) is 16.6 Å². The van der Waals surface area contributed by atoms with Crippen LogP contribution >= 0.6 is 11.8 Å². The highest BCUT2D eigenvalue weighted by atomic mass is 32.2. The van der Waals surface area contributed by atoms with Gasteiger partial charge in [-0.05, 0) is 31.2 Å². The summed E-state index contributed by atoms with van der Waals surface area (Å²) in [5.74, 6) is 0.154. The number of rotatable bonds is 5. The number of hydrogen-bond donors (Lipinski definition) is 1. The lowest BCUT2D eigenvalue weighted by molar-refractivity contribution is -0.117. The Bertz CT molecular complexity index is 1000. The number of nitrogens with two attached hydrogens (primary N) is 1. The first-order valence-electron chi connectivity index (χ1n) is 7.63. The zero-order valence-corrected chi connectivity index (χ0v) is 14.6. The van der Waals surface area contributed by atoms with Gasteiger partial charge in [0.2, 0.25) is 5.91 Å². The van der Waals surface area contributed by atoms with Crippen molar-refractivity contribution in [3.05, 3.63) is 58.9 Å². The van der Waals surface area contributed by atoms with Gasteiger partial charge in [0.05, 0.1) is 29.0 Å². The number of fused-ring (bicyclic) bond motifs is 1. The average Bonchev–Trinajstić information content (AvgIpc) is 2.62. The number of methoxy groups -OCH3 is 1. The molecule has 1 heterocycles. The number of ether oxygens (including phenoxy) is 1. The van der Waals surface area contributed by atoms with Crippen LogP contribution in [0.3, 0.4) is 0 Å². The Balaban J connectivity index is 2.28. The van der Waals surface area contributed by atoms with E-state index in [-0.39, 0.29) is 5.56 Å². The lowest BCUT2D eigenvalue weighted by Gasteiger charge is -2.15. The lowest BCUT2D eigenvalue weighted by atomic mass is 10.2. The van der Waals surface area contributed by atoms with E-state index in [1.807, 2.05) is 6.07 Å². The van der Waals surface area contributed by atoms with Gasteiger partial charge in [-0.1, -0.05) is 30.0 Å². The molecule has 2 aromatic carbocycles. The van der Waals surface area contributed by atoms with E-state index in [2.05, 4.69) is 4.98 Å². The minimum absolute atomic E-state index is 0.210. The standard InChI is InChI=1S/C18H17N3O3S/c1-11(16(19)22)25-18-20-15-9-4-3-8-14(15)17(23)21(18)12-6-5-7-13(10-12)24-2/h3-11H,1-2H3,(H2,19,22)/t11-/m0/s1. The van der Waals surface area contributed by atoms with Crippen molar-refractivity contribution in [2.24, 2.45) is 5.73 Å². The van der Waals surface area contributed by atoms with E-state index in [0.29, 0.717) is 27.5 Å². The van der Waals surface area contributed by atoms with E-state index in [1.165, 1.54) is 4.57 Å². The number of primary amides is 1. The summed E-state index contributed by atoms with van der Waals surface area (Å²) in [6, 6.07) is 14.2. The normalized spacial score (nSPS) is 12.1. The van der Waals surface area contributed by atoms with Crippen LogP contribution in [-0.4, -0.2) is 27.8 Å². The second kappa shape index (κ2) is 6.98. The number of para-hydroxylation sites is 1. The van der Waals surface area contributed by atoms with Crippen molar-refractivity contribution in [3.63, 3.8) is 0 Å². The summed E-state index contributed by atoms with van der Waals surface area (Å²) < 4.78 is 6.73. The summed E-state index contributed by atoms with van der Waals surface area (Å²) in [5.41, 5.74) is 6.35. The third-order valence-corrected chi connectivity index (χ3v) is 4.81. The van der Waals surface area contributed by atoms with Crippen molar-refractivity contribution in [1.82, 2.24) is 9.55 Å². The molecule has 0 unspecified atom stereocenters. The molecular weight excluding hydrogens is 338 g/mol. The molecule has 0 aliphatic heterocycles. The maximum Gasteiger partial charge on any atom is 0.266 e. The monoisotopic (exact) mass is 355 g/mol. The van der Waals surface area contributed by atoms with Crippen molar-refractivity contribution >= 4 is 28.6 Å². The number of benzene rings is 2. The molecule has 0 radical (unpaired) electrons. The van der Waals surface area contributed by atoms with Crippen molar-refractivity contribution < 1.29 is 9.53 Å². The Hall–Kier alpha value is -2.80. The molecule has 128 valence electrons. The molecule has 0 saturated carbocycles. The van der Waals surface area contributed by atoms with Gasteiger partial charge in [0.15, 0.2) is 5.16 Å². The van der Waals surface area contributed by atoms with Crippen molar-refractivity contribution in [2.75, 3.05) is 7.11 Å². The van der Waals surface area contributed by atoms with E-state index in [0.717, 1.165) is 11.8 Å². The Labute approximate surface area is 148 Å². The van der Waals surface area contributed by atoms with Gasteiger partial charge in [-0.15, -0.1) is 0 Å². The van der Waals surface area contributed by atoms with E-state index in [9.17, 15) is 9.59 Å². The Morgan fingerprint density at radius 3 is 2.72 bits per heavy atom. The minimum Gasteiger partial charge on any atom is -0.497 e. The zero-order valence-electron chi connectivity index (χ0n) is 13.8. The molecule has 1 aromatic heterocycles. The fourth-order valence-corrected chi connectivity index (χ4v) is 3.26. The molecule has 1 atom stereocenters. The predicted octanol–water partition coefficient (Wildman–Crippen LogP) is 2.36. The highest BCUT2D eigenvalue weighted by Crippen LogP contribution is 2.26. The Morgan fingerprint density at radius 2 is 2.00 bits per heavy atom. The Kier molecular flexibility index (Phi) is 4.76. The zero-order chi connectivity index (χ0) is 18.0. The SMILES string of the molecule is COc1cccc(-n2c(S[C@@H](C)C(N)=O)nc3ccccc3c2=O)c1.